The normalized spacial score (nSPS) is 27.7. The van der Waals surface area contributed by atoms with Crippen LogP contribution in [0.2, 0.25) is 0 Å². The molecule has 0 spiro atoms. The SMILES string of the molecule is CCCN(C(C)C)C(CN)C1CCCC(C)C1. The Morgan fingerprint density at radius 2 is 2.00 bits per heavy atom. The summed E-state index contributed by atoms with van der Waals surface area (Å²) in [4.78, 5) is 2.64. The number of hydrogen-bond donors (Lipinski definition) is 1. The minimum Gasteiger partial charge on any atom is -0.329 e. The second-order valence-electron chi connectivity index (χ2n) is 6.17. The topological polar surface area (TPSA) is 29.3 Å². The van der Waals surface area contributed by atoms with E-state index in [-0.39, 0.29) is 0 Å². The van der Waals surface area contributed by atoms with Gasteiger partial charge in [-0.1, -0.05) is 26.7 Å². The summed E-state index contributed by atoms with van der Waals surface area (Å²) in [6.45, 7) is 11.3. The van der Waals surface area contributed by atoms with Crippen LogP contribution in [0.5, 0.6) is 0 Å². The highest BCUT2D eigenvalue weighted by molar-refractivity contribution is 4.85. The Morgan fingerprint density at radius 1 is 1.29 bits per heavy atom. The molecule has 0 aromatic carbocycles. The fourth-order valence-corrected chi connectivity index (χ4v) is 3.49. The molecule has 0 amide bonds. The first kappa shape index (κ1) is 15.0. The molecule has 1 aliphatic carbocycles. The molecular formula is C15H32N2. The van der Waals surface area contributed by atoms with Gasteiger partial charge in [-0.05, 0) is 51.5 Å². The maximum absolute atomic E-state index is 6.08. The van der Waals surface area contributed by atoms with E-state index >= 15 is 0 Å². The van der Waals surface area contributed by atoms with Crippen molar-refractivity contribution in [3.63, 3.8) is 0 Å². The Hall–Kier alpha value is -0.0800. The molecule has 2 heteroatoms. The summed E-state index contributed by atoms with van der Waals surface area (Å²) in [5.74, 6) is 1.73. The van der Waals surface area contributed by atoms with Crippen LogP contribution in [0.15, 0.2) is 0 Å². The molecular weight excluding hydrogens is 208 g/mol. The van der Waals surface area contributed by atoms with Gasteiger partial charge in [-0.3, -0.25) is 4.90 Å². The van der Waals surface area contributed by atoms with E-state index in [4.69, 9.17) is 5.73 Å². The Kier molecular flexibility index (Phi) is 6.50. The van der Waals surface area contributed by atoms with E-state index in [1.807, 2.05) is 0 Å². The molecule has 0 radical (unpaired) electrons. The van der Waals surface area contributed by atoms with Gasteiger partial charge in [0.05, 0.1) is 0 Å². The van der Waals surface area contributed by atoms with E-state index in [2.05, 4.69) is 32.6 Å². The lowest BCUT2D eigenvalue weighted by Crippen LogP contribution is -2.50. The summed E-state index contributed by atoms with van der Waals surface area (Å²) in [6.07, 6.45) is 6.83. The van der Waals surface area contributed by atoms with Crippen LogP contribution in [0, 0.1) is 11.8 Å². The average molecular weight is 240 g/mol. The highest BCUT2D eigenvalue weighted by Gasteiger charge is 2.30. The first-order valence-corrected chi connectivity index (χ1v) is 7.55. The Balaban J connectivity index is 2.66. The van der Waals surface area contributed by atoms with Crippen molar-refractivity contribution in [3.05, 3.63) is 0 Å². The molecule has 0 saturated heterocycles. The lowest BCUT2D eigenvalue weighted by atomic mass is 9.78. The Bertz CT molecular complexity index is 203. The number of nitrogens with two attached hydrogens (primary N) is 1. The summed E-state index contributed by atoms with van der Waals surface area (Å²) < 4.78 is 0. The van der Waals surface area contributed by atoms with Crippen molar-refractivity contribution in [1.82, 2.24) is 4.90 Å². The minimum atomic E-state index is 0.609. The first-order valence-electron chi connectivity index (χ1n) is 7.55. The van der Waals surface area contributed by atoms with Crippen LogP contribution in [0.4, 0.5) is 0 Å². The van der Waals surface area contributed by atoms with Crippen molar-refractivity contribution in [2.75, 3.05) is 13.1 Å². The van der Waals surface area contributed by atoms with Crippen LogP contribution >= 0.6 is 0 Å². The van der Waals surface area contributed by atoms with Gasteiger partial charge < -0.3 is 5.73 Å². The van der Waals surface area contributed by atoms with E-state index in [0.717, 1.165) is 18.4 Å². The van der Waals surface area contributed by atoms with Crippen molar-refractivity contribution in [2.24, 2.45) is 17.6 Å². The van der Waals surface area contributed by atoms with Gasteiger partial charge in [0, 0.05) is 18.6 Å². The van der Waals surface area contributed by atoms with Crippen molar-refractivity contribution < 1.29 is 0 Å². The molecule has 1 fully saturated rings. The highest BCUT2D eigenvalue weighted by atomic mass is 15.2. The lowest BCUT2D eigenvalue weighted by molar-refractivity contribution is 0.0816. The third-order valence-electron chi connectivity index (χ3n) is 4.33. The standard InChI is InChI=1S/C15H32N2/c1-5-9-17(12(2)3)15(11-16)14-8-6-7-13(4)10-14/h12-15H,5-11,16H2,1-4H3. The molecule has 17 heavy (non-hydrogen) atoms. The molecule has 1 aliphatic rings. The number of rotatable bonds is 6. The molecule has 0 heterocycles. The Labute approximate surface area is 108 Å². The van der Waals surface area contributed by atoms with Crippen LogP contribution < -0.4 is 5.73 Å². The molecule has 102 valence electrons. The molecule has 2 N–H and O–H groups in total. The largest absolute Gasteiger partial charge is 0.329 e. The second-order valence-corrected chi connectivity index (χ2v) is 6.17. The number of nitrogens with zero attached hydrogens (tertiary/aromatic N) is 1. The van der Waals surface area contributed by atoms with Crippen molar-refractivity contribution in [3.8, 4) is 0 Å². The highest BCUT2D eigenvalue weighted by Crippen LogP contribution is 2.33. The third-order valence-corrected chi connectivity index (χ3v) is 4.33. The van der Waals surface area contributed by atoms with Gasteiger partial charge in [-0.15, -0.1) is 0 Å². The summed E-state index contributed by atoms with van der Waals surface area (Å²) >= 11 is 0. The van der Waals surface area contributed by atoms with E-state index in [9.17, 15) is 0 Å². The summed E-state index contributed by atoms with van der Waals surface area (Å²) in [6, 6.07) is 1.23. The molecule has 3 atom stereocenters. The van der Waals surface area contributed by atoms with Gasteiger partial charge in [0.1, 0.15) is 0 Å². The minimum absolute atomic E-state index is 0.609. The first-order chi connectivity index (χ1) is 8.10. The van der Waals surface area contributed by atoms with E-state index in [0.29, 0.717) is 12.1 Å². The lowest BCUT2D eigenvalue weighted by Gasteiger charge is -2.41. The molecule has 0 aromatic heterocycles. The zero-order chi connectivity index (χ0) is 12.8. The van der Waals surface area contributed by atoms with Crippen LogP contribution in [-0.4, -0.2) is 30.1 Å². The van der Waals surface area contributed by atoms with Crippen molar-refractivity contribution >= 4 is 0 Å². The summed E-state index contributed by atoms with van der Waals surface area (Å²) in [5.41, 5.74) is 6.08. The van der Waals surface area contributed by atoms with Gasteiger partial charge in [0.15, 0.2) is 0 Å². The molecule has 3 unspecified atom stereocenters. The van der Waals surface area contributed by atoms with Crippen LogP contribution in [0.3, 0.4) is 0 Å². The van der Waals surface area contributed by atoms with Gasteiger partial charge in [-0.2, -0.15) is 0 Å². The average Bonchev–Trinajstić information content (AvgIpc) is 2.29. The second kappa shape index (κ2) is 7.38. The van der Waals surface area contributed by atoms with E-state index in [1.54, 1.807) is 0 Å². The fraction of sp³-hybridized carbons (Fsp3) is 1.00. The Morgan fingerprint density at radius 3 is 2.47 bits per heavy atom. The molecule has 2 nitrogen and oxygen atoms in total. The maximum atomic E-state index is 6.08. The van der Waals surface area contributed by atoms with Crippen molar-refractivity contribution in [2.45, 2.75) is 71.9 Å². The van der Waals surface area contributed by atoms with Gasteiger partial charge in [0.2, 0.25) is 0 Å². The quantitative estimate of drug-likeness (QED) is 0.772. The smallest absolute Gasteiger partial charge is 0.0249 e. The van der Waals surface area contributed by atoms with Gasteiger partial charge >= 0.3 is 0 Å². The van der Waals surface area contributed by atoms with Crippen LogP contribution in [-0.2, 0) is 0 Å². The van der Waals surface area contributed by atoms with E-state index < -0.39 is 0 Å². The number of hydrogen-bond acceptors (Lipinski definition) is 2. The molecule has 1 saturated carbocycles. The molecule has 0 aromatic rings. The summed E-state index contributed by atoms with van der Waals surface area (Å²) in [7, 11) is 0. The fourth-order valence-electron chi connectivity index (χ4n) is 3.49. The van der Waals surface area contributed by atoms with Gasteiger partial charge in [-0.25, -0.2) is 0 Å². The molecule has 0 bridgehead atoms. The van der Waals surface area contributed by atoms with Crippen LogP contribution in [0.1, 0.15) is 59.8 Å². The van der Waals surface area contributed by atoms with Crippen LogP contribution in [0.25, 0.3) is 0 Å². The third kappa shape index (κ3) is 4.26. The zero-order valence-corrected chi connectivity index (χ0v) is 12.3. The molecule has 1 rings (SSSR count). The maximum Gasteiger partial charge on any atom is 0.0249 e. The predicted molar refractivity (Wildman–Crippen MR) is 76.1 cm³/mol. The van der Waals surface area contributed by atoms with Gasteiger partial charge in [0.25, 0.3) is 0 Å². The van der Waals surface area contributed by atoms with Crippen molar-refractivity contribution in [1.29, 1.82) is 0 Å². The molecule has 0 aliphatic heterocycles. The summed E-state index contributed by atoms with van der Waals surface area (Å²) in [5, 5.41) is 0. The predicted octanol–water partition coefficient (Wildman–Crippen LogP) is 3.26. The van der Waals surface area contributed by atoms with E-state index in [1.165, 1.54) is 38.6 Å². The zero-order valence-electron chi connectivity index (χ0n) is 12.3. The monoisotopic (exact) mass is 240 g/mol.